The second-order valence-corrected chi connectivity index (χ2v) is 4.78. The molecular weight excluding hydrogens is 327 g/mol. The highest BCUT2D eigenvalue weighted by Gasteiger charge is 2.20. The summed E-state index contributed by atoms with van der Waals surface area (Å²) < 4.78 is 5.45. The second-order valence-electron chi connectivity index (χ2n) is 3.69. The Balaban J connectivity index is 2.47. The third-order valence-corrected chi connectivity index (χ3v) is 3.41. The molecule has 1 aromatic heterocycles. The molecular formula is C12H7Cl3N2O3. The molecule has 0 fully saturated rings. The lowest BCUT2D eigenvalue weighted by Crippen LogP contribution is -1.97. The van der Waals surface area contributed by atoms with Crippen molar-refractivity contribution in [3.63, 3.8) is 0 Å². The number of alkyl halides is 1. The maximum atomic E-state index is 11.0. The van der Waals surface area contributed by atoms with Crippen molar-refractivity contribution in [2.75, 3.05) is 0 Å². The first-order valence-electron chi connectivity index (χ1n) is 5.34. The van der Waals surface area contributed by atoms with Crippen molar-refractivity contribution in [3.05, 3.63) is 56.2 Å². The first-order chi connectivity index (χ1) is 9.52. The summed E-state index contributed by atoms with van der Waals surface area (Å²) >= 11 is 17.4. The van der Waals surface area contributed by atoms with Crippen LogP contribution in [-0.4, -0.2) is 9.91 Å². The van der Waals surface area contributed by atoms with Crippen molar-refractivity contribution >= 4 is 40.5 Å². The molecule has 2 rings (SSSR count). The van der Waals surface area contributed by atoms with Crippen LogP contribution in [-0.2, 0) is 5.88 Å². The average Bonchev–Trinajstić information content (AvgIpc) is 2.43. The summed E-state index contributed by atoms with van der Waals surface area (Å²) in [6, 6.07) is 5.80. The topological polar surface area (TPSA) is 65.3 Å². The summed E-state index contributed by atoms with van der Waals surface area (Å²) in [5.74, 6) is 0.302. The average molecular weight is 334 g/mol. The molecule has 20 heavy (non-hydrogen) atoms. The van der Waals surface area contributed by atoms with E-state index in [1.165, 1.54) is 12.3 Å². The second kappa shape index (κ2) is 6.26. The molecule has 1 heterocycles. The lowest BCUT2D eigenvalue weighted by atomic mass is 10.3. The number of nitro benzene ring substituents is 1. The Morgan fingerprint density at radius 3 is 2.65 bits per heavy atom. The third kappa shape index (κ3) is 3.12. The molecule has 0 spiro atoms. The third-order valence-electron chi connectivity index (χ3n) is 2.40. The quantitative estimate of drug-likeness (QED) is 0.457. The number of benzene rings is 1. The van der Waals surface area contributed by atoms with E-state index in [0.29, 0.717) is 5.56 Å². The zero-order valence-corrected chi connectivity index (χ0v) is 12.1. The number of halogens is 3. The Bertz CT molecular complexity index is 664. The van der Waals surface area contributed by atoms with E-state index in [-0.39, 0.29) is 33.2 Å². The molecule has 2 aromatic rings. The minimum Gasteiger partial charge on any atom is -0.431 e. The van der Waals surface area contributed by atoms with Crippen LogP contribution >= 0.6 is 34.8 Å². The minimum atomic E-state index is -0.610. The number of ether oxygens (including phenoxy) is 1. The van der Waals surface area contributed by atoms with Gasteiger partial charge in [0.25, 0.3) is 0 Å². The monoisotopic (exact) mass is 332 g/mol. The van der Waals surface area contributed by atoms with Gasteiger partial charge in [-0.15, -0.1) is 11.6 Å². The fourth-order valence-electron chi connectivity index (χ4n) is 1.46. The first-order valence-corrected chi connectivity index (χ1v) is 6.63. The molecule has 0 saturated heterocycles. The zero-order chi connectivity index (χ0) is 14.7. The number of nitrogens with zero attached hydrogens (tertiary/aromatic N) is 2. The van der Waals surface area contributed by atoms with Gasteiger partial charge in [0, 0.05) is 23.9 Å². The number of aromatic nitrogens is 1. The fraction of sp³-hybridized carbons (Fsp3) is 0.0833. The van der Waals surface area contributed by atoms with E-state index in [0.717, 1.165) is 6.07 Å². The predicted octanol–water partition coefficient (Wildman–Crippen LogP) is 4.83. The van der Waals surface area contributed by atoms with Gasteiger partial charge in [-0.2, -0.15) is 0 Å². The van der Waals surface area contributed by atoms with E-state index in [4.69, 9.17) is 39.5 Å². The molecule has 5 nitrogen and oxygen atoms in total. The molecule has 8 heteroatoms. The van der Waals surface area contributed by atoms with Crippen LogP contribution in [0.25, 0.3) is 0 Å². The van der Waals surface area contributed by atoms with Gasteiger partial charge in [0.05, 0.1) is 20.8 Å². The van der Waals surface area contributed by atoms with Gasteiger partial charge in [-0.3, -0.25) is 10.1 Å². The van der Waals surface area contributed by atoms with Crippen molar-refractivity contribution in [1.29, 1.82) is 0 Å². The molecule has 0 N–H and O–H groups in total. The molecule has 0 radical (unpaired) electrons. The van der Waals surface area contributed by atoms with E-state index in [1.807, 2.05) is 0 Å². The highest BCUT2D eigenvalue weighted by molar-refractivity contribution is 6.42. The lowest BCUT2D eigenvalue weighted by Gasteiger charge is -2.09. The van der Waals surface area contributed by atoms with Gasteiger partial charge < -0.3 is 4.74 Å². The highest BCUT2D eigenvalue weighted by Crippen LogP contribution is 2.38. The van der Waals surface area contributed by atoms with Crippen molar-refractivity contribution in [2.45, 2.75) is 5.88 Å². The summed E-state index contributed by atoms with van der Waals surface area (Å²) in [6.07, 6.45) is 1.49. The molecule has 0 atom stereocenters. The molecule has 0 amide bonds. The van der Waals surface area contributed by atoms with Gasteiger partial charge in [-0.25, -0.2) is 4.98 Å². The predicted molar refractivity (Wildman–Crippen MR) is 77.0 cm³/mol. The van der Waals surface area contributed by atoms with E-state index in [2.05, 4.69) is 4.98 Å². The maximum absolute atomic E-state index is 11.0. The van der Waals surface area contributed by atoms with Crippen LogP contribution in [0.2, 0.25) is 10.0 Å². The molecule has 0 saturated carbocycles. The Labute approximate surface area is 129 Å². The number of hydrogen-bond acceptors (Lipinski definition) is 4. The summed E-state index contributed by atoms with van der Waals surface area (Å²) in [4.78, 5) is 14.4. The van der Waals surface area contributed by atoms with Gasteiger partial charge in [0.2, 0.25) is 11.6 Å². The first kappa shape index (κ1) is 14.8. The Hall–Kier alpha value is -1.56. The molecule has 0 unspecified atom stereocenters. The standard InChI is InChI=1S/C12H7Cl3N2O3/c13-6-7-2-1-3-16-12(7)20-11-5-9(15)8(14)4-10(11)17(18)19/h1-5H,6H2. The molecule has 1 aromatic carbocycles. The van der Waals surface area contributed by atoms with Crippen LogP contribution in [0.4, 0.5) is 5.69 Å². The summed E-state index contributed by atoms with van der Waals surface area (Å²) in [6.45, 7) is 0. The van der Waals surface area contributed by atoms with E-state index in [9.17, 15) is 10.1 Å². The van der Waals surface area contributed by atoms with Crippen LogP contribution in [0.5, 0.6) is 11.6 Å². The SMILES string of the molecule is O=[N+]([O-])c1cc(Cl)c(Cl)cc1Oc1ncccc1CCl. The summed E-state index contributed by atoms with van der Waals surface area (Å²) in [7, 11) is 0. The van der Waals surface area contributed by atoms with E-state index >= 15 is 0 Å². The summed E-state index contributed by atoms with van der Waals surface area (Å²) in [5, 5.41) is 11.2. The molecule has 0 aliphatic rings. The normalized spacial score (nSPS) is 10.3. The fourth-order valence-corrected chi connectivity index (χ4v) is 1.98. The van der Waals surface area contributed by atoms with Gasteiger partial charge in [0.1, 0.15) is 0 Å². The van der Waals surface area contributed by atoms with E-state index in [1.54, 1.807) is 12.1 Å². The molecule has 104 valence electrons. The molecule has 0 aliphatic heterocycles. The van der Waals surface area contributed by atoms with Crippen molar-refractivity contribution in [3.8, 4) is 11.6 Å². The number of nitro groups is 1. The van der Waals surface area contributed by atoms with Gasteiger partial charge in [-0.05, 0) is 6.07 Å². The largest absolute Gasteiger partial charge is 0.431 e. The van der Waals surface area contributed by atoms with Gasteiger partial charge >= 0.3 is 5.69 Å². The number of rotatable bonds is 4. The van der Waals surface area contributed by atoms with Crippen LogP contribution in [0.3, 0.4) is 0 Å². The van der Waals surface area contributed by atoms with Gasteiger partial charge in [0.15, 0.2) is 0 Å². The summed E-state index contributed by atoms with van der Waals surface area (Å²) in [5.41, 5.74) is 0.306. The Morgan fingerprint density at radius 2 is 2.00 bits per heavy atom. The van der Waals surface area contributed by atoms with Crippen LogP contribution in [0.1, 0.15) is 5.56 Å². The van der Waals surface area contributed by atoms with Crippen molar-refractivity contribution in [1.82, 2.24) is 4.98 Å². The van der Waals surface area contributed by atoms with Crippen molar-refractivity contribution in [2.24, 2.45) is 0 Å². The Morgan fingerprint density at radius 1 is 1.30 bits per heavy atom. The molecule has 0 bridgehead atoms. The van der Waals surface area contributed by atoms with E-state index < -0.39 is 4.92 Å². The van der Waals surface area contributed by atoms with Crippen molar-refractivity contribution < 1.29 is 9.66 Å². The lowest BCUT2D eigenvalue weighted by molar-refractivity contribution is -0.385. The maximum Gasteiger partial charge on any atom is 0.313 e. The zero-order valence-electron chi connectivity index (χ0n) is 9.85. The minimum absolute atomic E-state index is 0.0468. The van der Waals surface area contributed by atoms with Crippen LogP contribution < -0.4 is 4.74 Å². The highest BCUT2D eigenvalue weighted by atomic mass is 35.5. The number of hydrogen-bond donors (Lipinski definition) is 0. The number of pyridine rings is 1. The molecule has 0 aliphatic carbocycles. The van der Waals surface area contributed by atoms with Crippen LogP contribution in [0.15, 0.2) is 30.5 Å². The van der Waals surface area contributed by atoms with Crippen LogP contribution in [0, 0.1) is 10.1 Å². The smallest absolute Gasteiger partial charge is 0.313 e. The van der Waals surface area contributed by atoms with Gasteiger partial charge in [-0.1, -0.05) is 29.3 Å². The Kier molecular flexibility index (Phi) is 4.65.